The summed E-state index contributed by atoms with van der Waals surface area (Å²) in [5, 5.41) is 9.40. The molecule has 0 aliphatic carbocycles. The van der Waals surface area contributed by atoms with Gasteiger partial charge in [-0.1, -0.05) is 6.07 Å². The lowest BCUT2D eigenvalue weighted by Crippen LogP contribution is -2.57. The largest absolute Gasteiger partial charge is 0.480 e. The molecule has 1 aliphatic heterocycles. The van der Waals surface area contributed by atoms with Gasteiger partial charge in [0.2, 0.25) is 10.0 Å². The van der Waals surface area contributed by atoms with Gasteiger partial charge in [-0.25, -0.2) is 12.8 Å². The maximum atomic E-state index is 13.6. The summed E-state index contributed by atoms with van der Waals surface area (Å²) in [7, 11) is -4.04. The normalized spacial score (nSPS) is 24.0. The lowest BCUT2D eigenvalue weighted by Gasteiger charge is -2.40. The van der Waals surface area contributed by atoms with Gasteiger partial charge >= 0.3 is 5.97 Å². The molecule has 1 aromatic carbocycles. The summed E-state index contributed by atoms with van der Waals surface area (Å²) in [6.45, 7) is 3.06. The topological polar surface area (TPSA) is 74.7 Å². The predicted molar refractivity (Wildman–Crippen MR) is 74.9 cm³/mol. The Morgan fingerprint density at radius 1 is 1.38 bits per heavy atom. The molecule has 2 rings (SSSR count). The minimum Gasteiger partial charge on any atom is -0.480 e. The van der Waals surface area contributed by atoms with Crippen molar-refractivity contribution in [3.8, 4) is 0 Å². The van der Waals surface area contributed by atoms with Crippen LogP contribution in [0.3, 0.4) is 0 Å². The van der Waals surface area contributed by atoms with Crippen LogP contribution in [0.4, 0.5) is 4.39 Å². The van der Waals surface area contributed by atoms with Crippen LogP contribution < -0.4 is 0 Å². The Balaban J connectivity index is 2.50. The Labute approximate surface area is 123 Å². The molecule has 1 aromatic rings. The summed E-state index contributed by atoms with van der Waals surface area (Å²) < 4.78 is 39.9. The fourth-order valence-electron chi connectivity index (χ4n) is 2.56. The number of sulfonamides is 1. The molecule has 1 aliphatic rings. The van der Waals surface area contributed by atoms with Crippen LogP contribution in [0.15, 0.2) is 23.1 Å². The monoisotopic (exact) mass is 315 g/mol. The zero-order valence-electron chi connectivity index (χ0n) is 12.0. The number of hydrogen-bond acceptors (Lipinski definition) is 3. The number of carboxylic acid groups (broad SMARTS) is 1. The Morgan fingerprint density at radius 3 is 2.62 bits per heavy atom. The molecule has 1 N–H and O–H groups in total. The number of carbonyl (C=O) groups is 1. The fourth-order valence-corrected chi connectivity index (χ4v) is 4.37. The number of hydrogen-bond donors (Lipinski definition) is 1. The Hall–Kier alpha value is -1.47. The lowest BCUT2D eigenvalue weighted by atomic mass is 9.91. The van der Waals surface area contributed by atoms with Gasteiger partial charge in [0.05, 0.1) is 4.90 Å². The average Bonchev–Trinajstić information content (AvgIpc) is 2.41. The highest BCUT2D eigenvalue weighted by molar-refractivity contribution is 7.89. The van der Waals surface area contributed by atoms with Crippen molar-refractivity contribution in [2.24, 2.45) is 0 Å². The molecular weight excluding hydrogens is 297 g/mol. The smallest absolute Gasteiger partial charge is 0.324 e. The molecule has 0 saturated carbocycles. The zero-order valence-corrected chi connectivity index (χ0v) is 12.8. The molecular formula is C14H18FNO4S. The van der Waals surface area contributed by atoms with Crippen molar-refractivity contribution in [1.82, 2.24) is 4.31 Å². The minimum atomic E-state index is -4.04. The van der Waals surface area contributed by atoms with Gasteiger partial charge < -0.3 is 5.11 Å². The molecule has 1 atom stereocenters. The van der Waals surface area contributed by atoms with Gasteiger partial charge in [-0.05, 0) is 50.8 Å². The molecule has 0 amide bonds. The zero-order chi connectivity index (χ0) is 15.8. The molecule has 1 saturated heterocycles. The van der Waals surface area contributed by atoms with E-state index in [0.717, 1.165) is 10.4 Å². The standard InChI is InChI=1S/C14H18FNO4S/c1-10-5-6-11(9-12(10)15)21(19,20)16-8-4-3-7-14(16,2)13(17)18/h5-6,9H,3-4,7-8H2,1-2H3,(H,17,18). The molecule has 0 aromatic heterocycles. The Morgan fingerprint density at radius 2 is 2.05 bits per heavy atom. The van der Waals surface area contributed by atoms with Crippen LogP contribution in [0.25, 0.3) is 0 Å². The third-order valence-corrected chi connectivity index (χ3v) is 6.03. The van der Waals surface area contributed by atoms with Crippen molar-refractivity contribution in [1.29, 1.82) is 0 Å². The van der Waals surface area contributed by atoms with Crippen LogP contribution in [0, 0.1) is 12.7 Å². The van der Waals surface area contributed by atoms with Crippen LogP contribution >= 0.6 is 0 Å². The van der Waals surface area contributed by atoms with Crippen molar-refractivity contribution >= 4 is 16.0 Å². The van der Waals surface area contributed by atoms with Crippen molar-refractivity contribution in [2.45, 2.75) is 43.5 Å². The van der Waals surface area contributed by atoms with Gasteiger partial charge in [0, 0.05) is 6.54 Å². The molecule has 0 radical (unpaired) electrons. The fraction of sp³-hybridized carbons (Fsp3) is 0.500. The maximum absolute atomic E-state index is 13.6. The van der Waals surface area contributed by atoms with E-state index < -0.39 is 27.3 Å². The third-order valence-electron chi connectivity index (χ3n) is 4.02. The van der Waals surface area contributed by atoms with Gasteiger partial charge in [0.1, 0.15) is 11.4 Å². The number of nitrogens with zero attached hydrogens (tertiary/aromatic N) is 1. The number of piperidine rings is 1. The van der Waals surface area contributed by atoms with Crippen molar-refractivity contribution < 1.29 is 22.7 Å². The van der Waals surface area contributed by atoms with E-state index in [4.69, 9.17) is 0 Å². The molecule has 1 unspecified atom stereocenters. The lowest BCUT2D eigenvalue weighted by molar-refractivity contribution is -0.149. The number of aryl methyl sites for hydroxylation is 1. The number of benzene rings is 1. The first-order valence-electron chi connectivity index (χ1n) is 6.72. The molecule has 21 heavy (non-hydrogen) atoms. The first-order chi connectivity index (χ1) is 9.69. The SMILES string of the molecule is Cc1ccc(S(=O)(=O)N2CCCCC2(C)C(=O)O)cc1F. The predicted octanol–water partition coefficient (Wildman–Crippen LogP) is 2.15. The summed E-state index contributed by atoms with van der Waals surface area (Å²) >= 11 is 0. The maximum Gasteiger partial charge on any atom is 0.324 e. The van der Waals surface area contributed by atoms with E-state index in [1.807, 2.05) is 0 Å². The summed E-state index contributed by atoms with van der Waals surface area (Å²) in [5.74, 6) is -1.80. The number of halogens is 1. The second-order valence-electron chi connectivity index (χ2n) is 5.52. The van der Waals surface area contributed by atoms with Gasteiger partial charge in [-0.15, -0.1) is 0 Å². The van der Waals surface area contributed by atoms with Gasteiger partial charge in [0.15, 0.2) is 0 Å². The second-order valence-corrected chi connectivity index (χ2v) is 7.39. The summed E-state index contributed by atoms with van der Waals surface area (Å²) in [5.41, 5.74) is -1.15. The van der Waals surface area contributed by atoms with Crippen LogP contribution in [-0.4, -0.2) is 35.9 Å². The number of carboxylic acids is 1. The molecule has 0 bridgehead atoms. The quantitative estimate of drug-likeness (QED) is 0.927. The third kappa shape index (κ3) is 2.67. The van der Waals surface area contributed by atoms with E-state index >= 15 is 0 Å². The highest BCUT2D eigenvalue weighted by atomic mass is 32.2. The molecule has 5 nitrogen and oxygen atoms in total. The van der Waals surface area contributed by atoms with Gasteiger partial charge in [-0.3, -0.25) is 4.79 Å². The van der Waals surface area contributed by atoms with Crippen LogP contribution in [0.5, 0.6) is 0 Å². The average molecular weight is 315 g/mol. The van der Waals surface area contributed by atoms with Crippen molar-refractivity contribution in [2.75, 3.05) is 6.54 Å². The first kappa shape index (κ1) is 15.9. The highest BCUT2D eigenvalue weighted by Crippen LogP contribution is 2.33. The van der Waals surface area contributed by atoms with E-state index in [-0.39, 0.29) is 17.9 Å². The Bertz CT molecular complexity index is 674. The van der Waals surface area contributed by atoms with Crippen LogP contribution in [0.1, 0.15) is 31.7 Å². The second kappa shape index (κ2) is 5.38. The Kier molecular flexibility index (Phi) is 4.08. The van der Waals surface area contributed by atoms with Crippen molar-refractivity contribution in [3.63, 3.8) is 0 Å². The van der Waals surface area contributed by atoms with E-state index in [1.165, 1.54) is 26.0 Å². The molecule has 7 heteroatoms. The molecule has 1 fully saturated rings. The van der Waals surface area contributed by atoms with E-state index in [2.05, 4.69) is 0 Å². The minimum absolute atomic E-state index is 0.126. The van der Waals surface area contributed by atoms with E-state index in [0.29, 0.717) is 18.4 Å². The molecule has 1 heterocycles. The number of rotatable bonds is 3. The van der Waals surface area contributed by atoms with E-state index in [9.17, 15) is 22.7 Å². The van der Waals surface area contributed by atoms with Gasteiger partial charge in [-0.2, -0.15) is 4.31 Å². The summed E-state index contributed by atoms with van der Waals surface area (Å²) in [6, 6.07) is 3.64. The molecule has 0 spiro atoms. The highest BCUT2D eigenvalue weighted by Gasteiger charge is 2.47. The van der Waals surface area contributed by atoms with E-state index in [1.54, 1.807) is 0 Å². The summed E-state index contributed by atoms with van der Waals surface area (Å²) in [4.78, 5) is 11.3. The van der Waals surface area contributed by atoms with Crippen molar-refractivity contribution in [3.05, 3.63) is 29.6 Å². The first-order valence-corrected chi connectivity index (χ1v) is 8.16. The van der Waals surface area contributed by atoms with Gasteiger partial charge in [0.25, 0.3) is 0 Å². The number of aliphatic carboxylic acids is 1. The summed E-state index contributed by atoms with van der Waals surface area (Å²) in [6.07, 6.45) is 1.49. The van der Waals surface area contributed by atoms with Crippen LogP contribution in [0.2, 0.25) is 0 Å². The molecule has 116 valence electrons. The van der Waals surface area contributed by atoms with Crippen LogP contribution in [-0.2, 0) is 14.8 Å².